The highest BCUT2D eigenvalue weighted by Gasteiger charge is 2.24. The predicted molar refractivity (Wildman–Crippen MR) is 67.0 cm³/mol. The Morgan fingerprint density at radius 2 is 2.11 bits per heavy atom. The molecule has 0 radical (unpaired) electrons. The first-order valence-corrected chi connectivity index (χ1v) is 6.35. The van der Waals surface area contributed by atoms with Gasteiger partial charge < -0.3 is 9.72 Å². The highest BCUT2D eigenvalue weighted by atomic mass is 16.5. The molecule has 0 bridgehead atoms. The van der Waals surface area contributed by atoms with Gasteiger partial charge in [-0.05, 0) is 11.4 Å². The molecule has 0 aromatic carbocycles. The summed E-state index contributed by atoms with van der Waals surface area (Å²) in [4.78, 5) is 20.7. The van der Waals surface area contributed by atoms with Gasteiger partial charge in [-0.2, -0.15) is 0 Å². The van der Waals surface area contributed by atoms with Crippen LogP contribution in [0.25, 0.3) is 4.98 Å². The number of ether oxygens (including phenoxy) is 1. The van der Waals surface area contributed by atoms with Gasteiger partial charge in [-0.25, -0.2) is 4.79 Å². The average Bonchev–Trinajstić information content (AvgIpc) is 2.85. The lowest BCUT2D eigenvalue weighted by molar-refractivity contribution is 0.0493. The molecule has 6 nitrogen and oxygen atoms in total. The van der Waals surface area contributed by atoms with E-state index in [1.807, 2.05) is 0 Å². The zero-order chi connectivity index (χ0) is 13.2. The third kappa shape index (κ3) is 4.53. The molecule has 98 valence electrons. The van der Waals surface area contributed by atoms with E-state index < -0.39 is 5.97 Å². The molecule has 0 saturated carbocycles. The van der Waals surface area contributed by atoms with E-state index >= 15 is 0 Å². The molecule has 0 aliphatic carbocycles. The van der Waals surface area contributed by atoms with E-state index in [9.17, 15) is 4.79 Å². The average molecular weight is 251 g/mol. The maximum Gasteiger partial charge on any atom is 0.497 e. The Morgan fingerprint density at radius 1 is 1.39 bits per heavy atom. The number of hydrogen-bond acceptors (Lipinski definition) is 4. The van der Waals surface area contributed by atoms with Crippen LogP contribution in [-0.2, 0) is 4.74 Å². The van der Waals surface area contributed by atoms with Gasteiger partial charge in [-0.1, -0.05) is 39.0 Å². The highest BCUT2D eigenvalue weighted by Crippen LogP contribution is 2.14. The molecular formula is C12H19N4O2+. The van der Waals surface area contributed by atoms with E-state index in [-0.39, 0.29) is 11.5 Å². The standard InChI is InChI=1S/C12H18N4O2/c1-2-3-4-5-6-7-8-18-12(17)10-11(16-13)15-9-14-10/h9H,2-8H2,1H3/p+1. The van der Waals surface area contributed by atoms with Gasteiger partial charge >= 0.3 is 11.8 Å². The lowest BCUT2D eigenvalue weighted by Gasteiger charge is -2.02. The molecule has 1 aromatic rings. The monoisotopic (exact) mass is 251 g/mol. The number of esters is 1. The van der Waals surface area contributed by atoms with Crippen LogP contribution in [0.2, 0.25) is 0 Å². The number of aromatic nitrogens is 2. The Labute approximate surface area is 106 Å². The van der Waals surface area contributed by atoms with Crippen molar-refractivity contribution < 1.29 is 9.53 Å². The molecule has 1 aromatic heterocycles. The summed E-state index contributed by atoms with van der Waals surface area (Å²) >= 11 is 0. The number of aromatic amines is 1. The number of nitrogens with one attached hydrogen (secondary N) is 1. The van der Waals surface area contributed by atoms with Crippen molar-refractivity contribution in [1.29, 1.82) is 5.39 Å². The van der Waals surface area contributed by atoms with Crippen molar-refractivity contribution in [2.75, 3.05) is 6.61 Å². The third-order valence-electron chi connectivity index (χ3n) is 2.65. The van der Waals surface area contributed by atoms with Gasteiger partial charge in [0, 0.05) is 4.98 Å². The lowest BCUT2D eigenvalue weighted by Crippen LogP contribution is -2.07. The molecule has 1 rings (SSSR count). The van der Waals surface area contributed by atoms with Gasteiger partial charge in [-0.15, -0.1) is 0 Å². The Kier molecular flexibility index (Phi) is 6.47. The molecule has 0 unspecified atom stereocenters. The third-order valence-corrected chi connectivity index (χ3v) is 2.65. The van der Waals surface area contributed by atoms with Gasteiger partial charge in [0.2, 0.25) is 12.0 Å². The topological polar surface area (TPSA) is 83.1 Å². The Balaban J connectivity index is 2.16. The molecule has 0 atom stereocenters. The van der Waals surface area contributed by atoms with Crippen molar-refractivity contribution in [2.45, 2.75) is 45.4 Å². The summed E-state index contributed by atoms with van der Waals surface area (Å²) in [7, 11) is 0. The number of unbranched alkanes of at least 4 members (excludes halogenated alkanes) is 5. The summed E-state index contributed by atoms with van der Waals surface area (Å²) in [5.41, 5.74) is 0.0866. The van der Waals surface area contributed by atoms with Crippen LogP contribution in [0, 0.1) is 5.39 Å². The summed E-state index contributed by atoms with van der Waals surface area (Å²) in [5.74, 6) is -0.572. The van der Waals surface area contributed by atoms with E-state index in [1.165, 1.54) is 32.0 Å². The highest BCUT2D eigenvalue weighted by molar-refractivity contribution is 5.92. The molecule has 0 amide bonds. The molecule has 1 N–H and O–H groups in total. The van der Waals surface area contributed by atoms with E-state index in [2.05, 4.69) is 21.9 Å². The number of hydrogen-bond donors (Lipinski definition) is 1. The van der Waals surface area contributed by atoms with Crippen molar-refractivity contribution in [3.63, 3.8) is 0 Å². The van der Waals surface area contributed by atoms with Gasteiger partial charge in [0.1, 0.15) is 0 Å². The molecule has 0 aliphatic rings. The fraction of sp³-hybridized carbons (Fsp3) is 0.667. The van der Waals surface area contributed by atoms with E-state index in [4.69, 9.17) is 10.1 Å². The number of imidazole rings is 1. The Morgan fingerprint density at radius 3 is 2.83 bits per heavy atom. The fourth-order valence-electron chi connectivity index (χ4n) is 1.63. The maximum atomic E-state index is 11.6. The lowest BCUT2D eigenvalue weighted by atomic mass is 10.1. The summed E-state index contributed by atoms with van der Waals surface area (Å²) in [6.07, 6.45) is 8.10. The summed E-state index contributed by atoms with van der Waals surface area (Å²) in [6.45, 7) is 2.56. The van der Waals surface area contributed by atoms with Gasteiger partial charge in [0.05, 0.1) is 12.0 Å². The second kappa shape index (κ2) is 8.23. The minimum Gasteiger partial charge on any atom is -0.461 e. The fourth-order valence-corrected chi connectivity index (χ4v) is 1.63. The Hall–Kier alpha value is -1.90. The zero-order valence-corrected chi connectivity index (χ0v) is 10.7. The van der Waals surface area contributed by atoms with Crippen LogP contribution in [0.1, 0.15) is 55.9 Å². The van der Waals surface area contributed by atoms with Crippen LogP contribution >= 0.6 is 0 Å². The first-order chi connectivity index (χ1) is 8.79. The van der Waals surface area contributed by atoms with E-state index in [0.717, 1.165) is 12.8 Å². The van der Waals surface area contributed by atoms with Crippen molar-refractivity contribution in [3.8, 4) is 0 Å². The van der Waals surface area contributed by atoms with Crippen molar-refractivity contribution in [3.05, 3.63) is 17.0 Å². The van der Waals surface area contributed by atoms with Crippen LogP contribution in [0.4, 0.5) is 5.82 Å². The second-order valence-electron chi connectivity index (χ2n) is 4.10. The zero-order valence-electron chi connectivity index (χ0n) is 10.7. The maximum absolute atomic E-state index is 11.6. The number of H-pyrrole nitrogens is 1. The van der Waals surface area contributed by atoms with Gasteiger partial charge in [0.25, 0.3) is 0 Å². The van der Waals surface area contributed by atoms with Gasteiger partial charge in [0.15, 0.2) is 0 Å². The largest absolute Gasteiger partial charge is 0.497 e. The molecule has 6 heteroatoms. The molecule has 0 saturated heterocycles. The predicted octanol–water partition coefficient (Wildman–Crippen LogP) is 3.41. The summed E-state index contributed by atoms with van der Waals surface area (Å²) in [5, 5.41) is 8.58. The second-order valence-corrected chi connectivity index (χ2v) is 4.10. The molecule has 0 spiro atoms. The molecule has 18 heavy (non-hydrogen) atoms. The number of carbonyl (C=O) groups excluding carboxylic acids is 1. The van der Waals surface area contributed by atoms with Crippen molar-refractivity contribution in [1.82, 2.24) is 9.97 Å². The van der Waals surface area contributed by atoms with Gasteiger partial charge in [-0.3, -0.25) is 0 Å². The van der Waals surface area contributed by atoms with Crippen molar-refractivity contribution >= 4 is 11.8 Å². The molecular weight excluding hydrogens is 232 g/mol. The Bertz CT molecular complexity index is 408. The molecule has 1 heterocycles. The normalized spacial score (nSPS) is 10.0. The number of rotatable bonds is 8. The van der Waals surface area contributed by atoms with Crippen LogP contribution in [0.5, 0.6) is 0 Å². The summed E-state index contributed by atoms with van der Waals surface area (Å²) < 4.78 is 5.05. The minimum atomic E-state index is -0.533. The SMILES string of the molecule is CCCCCCCCOC(=O)c1[nH]cnc1[N+]#N. The van der Waals surface area contributed by atoms with Crippen LogP contribution in [0.3, 0.4) is 0 Å². The first-order valence-electron chi connectivity index (χ1n) is 6.35. The van der Waals surface area contributed by atoms with E-state index in [1.54, 1.807) is 0 Å². The van der Waals surface area contributed by atoms with Crippen LogP contribution < -0.4 is 0 Å². The number of nitrogens with zero attached hydrogens (tertiary/aromatic N) is 3. The quantitative estimate of drug-likeness (QED) is 0.436. The number of diazo groups is 1. The van der Waals surface area contributed by atoms with Crippen LogP contribution in [0.15, 0.2) is 6.33 Å². The van der Waals surface area contributed by atoms with Crippen LogP contribution in [-0.4, -0.2) is 22.5 Å². The first kappa shape index (κ1) is 14.2. The smallest absolute Gasteiger partial charge is 0.461 e. The molecule has 0 fully saturated rings. The minimum absolute atomic E-state index is 0.0389. The molecule has 0 aliphatic heterocycles. The number of carbonyl (C=O) groups is 1. The van der Waals surface area contributed by atoms with E-state index in [0.29, 0.717) is 6.61 Å². The summed E-state index contributed by atoms with van der Waals surface area (Å²) in [6, 6.07) is 0. The van der Waals surface area contributed by atoms with Crippen molar-refractivity contribution in [2.24, 2.45) is 0 Å².